The van der Waals surface area contributed by atoms with Crippen molar-refractivity contribution in [3.63, 3.8) is 0 Å². The van der Waals surface area contributed by atoms with Crippen molar-refractivity contribution >= 4 is 27.8 Å². The van der Waals surface area contributed by atoms with Gasteiger partial charge >= 0.3 is 5.97 Å². The third-order valence-electron chi connectivity index (χ3n) is 3.51. The van der Waals surface area contributed by atoms with Crippen molar-refractivity contribution in [2.24, 2.45) is 0 Å². The van der Waals surface area contributed by atoms with Crippen LogP contribution in [-0.2, 0) is 9.53 Å². The van der Waals surface area contributed by atoms with Crippen LogP contribution in [0.3, 0.4) is 0 Å². The number of likely N-dealkylation sites (N-methyl/N-ethyl adjacent to an activating group) is 1. The van der Waals surface area contributed by atoms with Crippen LogP contribution in [0.15, 0.2) is 22.7 Å². The van der Waals surface area contributed by atoms with Crippen molar-refractivity contribution in [1.82, 2.24) is 9.80 Å². The molecule has 23 heavy (non-hydrogen) atoms. The first-order valence-electron chi connectivity index (χ1n) is 7.13. The number of carboxylic acid groups (broad SMARTS) is 1. The lowest BCUT2D eigenvalue weighted by Gasteiger charge is -2.34. The van der Waals surface area contributed by atoms with Gasteiger partial charge in [-0.15, -0.1) is 0 Å². The zero-order chi connectivity index (χ0) is 17.0. The lowest BCUT2D eigenvalue weighted by Crippen LogP contribution is -2.49. The van der Waals surface area contributed by atoms with Crippen LogP contribution in [0.4, 0.5) is 4.39 Å². The van der Waals surface area contributed by atoms with Crippen LogP contribution < -0.4 is 0 Å². The summed E-state index contributed by atoms with van der Waals surface area (Å²) >= 11 is 3.26. The highest BCUT2D eigenvalue weighted by molar-refractivity contribution is 9.10. The molecule has 0 spiro atoms. The highest BCUT2D eigenvalue weighted by atomic mass is 79.9. The summed E-state index contributed by atoms with van der Waals surface area (Å²) < 4.78 is 19.5. The molecular weight excluding hydrogens is 371 g/mol. The van der Waals surface area contributed by atoms with E-state index in [-0.39, 0.29) is 24.1 Å². The highest BCUT2D eigenvalue weighted by Gasteiger charge is 2.27. The number of amides is 1. The molecule has 1 aromatic rings. The van der Waals surface area contributed by atoms with Crippen LogP contribution in [-0.4, -0.2) is 72.7 Å². The smallest absolute Gasteiger partial charge is 0.317 e. The van der Waals surface area contributed by atoms with Gasteiger partial charge in [0.1, 0.15) is 5.82 Å². The molecule has 1 heterocycles. The van der Waals surface area contributed by atoms with E-state index in [1.807, 2.05) is 0 Å². The van der Waals surface area contributed by atoms with Gasteiger partial charge in [-0.25, -0.2) is 4.39 Å². The van der Waals surface area contributed by atoms with Crippen LogP contribution in [0.1, 0.15) is 10.4 Å². The van der Waals surface area contributed by atoms with Crippen LogP contribution >= 0.6 is 15.9 Å². The van der Waals surface area contributed by atoms with Crippen molar-refractivity contribution in [3.05, 3.63) is 34.1 Å². The van der Waals surface area contributed by atoms with Crippen molar-refractivity contribution < 1.29 is 23.8 Å². The topological polar surface area (TPSA) is 70.1 Å². The molecule has 0 unspecified atom stereocenters. The van der Waals surface area contributed by atoms with E-state index in [0.717, 1.165) is 0 Å². The lowest BCUT2D eigenvalue weighted by molar-refractivity contribution is -0.138. The summed E-state index contributed by atoms with van der Waals surface area (Å²) in [6.07, 6.45) is -0.274. The molecule has 0 bridgehead atoms. The van der Waals surface area contributed by atoms with E-state index in [1.54, 1.807) is 16.8 Å². The summed E-state index contributed by atoms with van der Waals surface area (Å²) in [7, 11) is 1.68. The number of halogens is 2. The molecule has 1 saturated heterocycles. The summed E-state index contributed by atoms with van der Waals surface area (Å²) in [5.41, 5.74) is 0.268. The van der Waals surface area contributed by atoms with E-state index < -0.39 is 11.8 Å². The van der Waals surface area contributed by atoms with Gasteiger partial charge < -0.3 is 14.7 Å². The molecule has 1 atom stereocenters. The quantitative estimate of drug-likeness (QED) is 0.826. The summed E-state index contributed by atoms with van der Waals surface area (Å²) in [6, 6.07) is 3.98. The van der Waals surface area contributed by atoms with E-state index in [4.69, 9.17) is 9.84 Å². The summed E-state index contributed by atoms with van der Waals surface area (Å²) in [5, 5.41) is 8.77. The maximum Gasteiger partial charge on any atom is 0.317 e. The fourth-order valence-corrected chi connectivity index (χ4v) is 2.91. The second kappa shape index (κ2) is 7.85. The van der Waals surface area contributed by atoms with Crippen molar-refractivity contribution in [1.29, 1.82) is 0 Å². The number of benzene rings is 1. The van der Waals surface area contributed by atoms with E-state index in [9.17, 15) is 14.0 Å². The first-order chi connectivity index (χ1) is 10.9. The molecular formula is C15H18BrFN2O4. The molecule has 1 amide bonds. The summed E-state index contributed by atoms with van der Waals surface area (Å²) in [6.45, 7) is 1.43. The second-order valence-electron chi connectivity index (χ2n) is 5.46. The van der Waals surface area contributed by atoms with Crippen LogP contribution in [0.25, 0.3) is 0 Å². The molecule has 0 radical (unpaired) electrons. The Balaban J connectivity index is 2.01. The normalized spacial score (nSPS) is 18.3. The van der Waals surface area contributed by atoms with Gasteiger partial charge in [-0.3, -0.25) is 14.5 Å². The molecule has 8 heteroatoms. The fourth-order valence-electron chi connectivity index (χ4n) is 2.49. The molecule has 1 aromatic carbocycles. The standard InChI is InChI=1S/C15H18BrFN2O4/c1-18(9-14(20)21)7-11-8-19(4-5-23-11)15(22)12-6-10(17)2-3-13(12)16/h2-3,6,11H,4-5,7-9H2,1H3,(H,20,21)/t11-/m1/s1. The van der Waals surface area contributed by atoms with Gasteiger partial charge in [0.25, 0.3) is 5.91 Å². The Kier molecular flexibility index (Phi) is 6.09. The first kappa shape index (κ1) is 17.8. The Morgan fingerprint density at radius 1 is 1.52 bits per heavy atom. The summed E-state index contributed by atoms with van der Waals surface area (Å²) in [5.74, 6) is -1.66. The Labute approximate surface area is 141 Å². The maximum atomic E-state index is 13.4. The SMILES string of the molecule is CN(CC(=O)O)C[C@@H]1CN(C(=O)c2cc(F)ccc2Br)CCO1. The number of nitrogens with zero attached hydrogens (tertiary/aromatic N) is 2. The number of carbonyl (C=O) groups is 2. The predicted octanol–water partition coefficient (Wildman–Crippen LogP) is 1.45. The van der Waals surface area contributed by atoms with Gasteiger partial charge in [-0.05, 0) is 41.2 Å². The third kappa shape index (κ3) is 4.98. The third-order valence-corrected chi connectivity index (χ3v) is 4.20. The largest absolute Gasteiger partial charge is 0.480 e. The number of carboxylic acids is 1. The summed E-state index contributed by atoms with van der Waals surface area (Å²) in [4.78, 5) is 26.5. The van der Waals surface area contributed by atoms with Gasteiger partial charge in [-0.1, -0.05) is 0 Å². The minimum atomic E-state index is -0.917. The minimum Gasteiger partial charge on any atom is -0.480 e. The Hall–Kier alpha value is -1.51. The molecule has 1 fully saturated rings. The average molecular weight is 389 g/mol. The average Bonchev–Trinajstić information content (AvgIpc) is 2.48. The van der Waals surface area contributed by atoms with Gasteiger partial charge in [-0.2, -0.15) is 0 Å². The Bertz CT molecular complexity index is 599. The number of morpholine rings is 1. The molecule has 2 rings (SSSR count). The molecule has 1 aliphatic rings. The number of rotatable bonds is 5. The highest BCUT2D eigenvalue weighted by Crippen LogP contribution is 2.21. The maximum absolute atomic E-state index is 13.4. The van der Waals surface area contributed by atoms with Crippen molar-refractivity contribution in [2.75, 3.05) is 39.8 Å². The predicted molar refractivity (Wildman–Crippen MR) is 84.9 cm³/mol. The Morgan fingerprint density at radius 2 is 2.26 bits per heavy atom. The minimum absolute atomic E-state index is 0.0940. The van der Waals surface area contributed by atoms with Crippen LogP contribution in [0.5, 0.6) is 0 Å². The second-order valence-corrected chi connectivity index (χ2v) is 6.31. The molecule has 0 aliphatic carbocycles. The number of hydrogen-bond donors (Lipinski definition) is 1. The number of hydrogen-bond acceptors (Lipinski definition) is 4. The number of ether oxygens (including phenoxy) is 1. The fraction of sp³-hybridized carbons (Fsp3) is 0.467. The monoisotopic (exact) mass is 388 g/mol. The number of carbonyl (C=O) groups excluding carboxylic acids is 1. The molecule has 1 N–H and O–H groups in total. The van der Waals surface area contributed by atoms with Gasteiger partial charge in [0.15, 0.2) is 0 Å². The molecule has 1 aliphatic heterocycles. The first-order valence-corrected chi connectivity index (χ1v) is 7.92. The van der Waals surface area contributed by atoms with Gasteiger partial charge in [0, 0.05) is 24.1 Å². The van der Waals surface area contributed by atoms with E-state index in [0.29, 0.717) is 30.7 Å². The van der Waals surface area contributed by atoms with E-state index >= 15 is 0 Å². The van der Waals surface area contributed by atoms with Crippen molar-refractivity contribution in [3.8, 4) is 0 Å². The molecule has 0 saturated carbocycles. The zero-order valence-corrected chi connectivity index (χ0v) is 14.3. The lowest BCUT2D eigenvalue weighted by atomic mass is 10.1. The molecule has 6 nitrogen and oxygen atoms in total. The molecule has 0 aromatic heterocycles. The van der Waals surface area contributed by atoms with Crippen LogP contribution in [0.2, 0.25) is 0 Å². The van der Waals surface area contributed by atoms with E-state index in [2.05, 4.69) is 15.9 Å². The van der Waals surface area contributed by atoms with E-state index in [1.165, 1.54) is 18.2 Å². The van der Waals surface area contributed by atoms with Gasteiger partial charge in [0.05, 0.1) is 24.8 Å². The van der Waals surface area contributed by atoms with Crippen molar-refractivity contribution in [2.45, 2.75) is 6.10 Å². The number of aliphatic carboxylic acids is 1. The van der Waals surface area contributed by atoms with Crippen LogP contribution in [0, 0.1) is 5.82 Å². The van der Waals surface area contributed by atoms with Gasteiger partial charge in [0.2, 0.25) is 0 Å². The molecule has 126 valence electrons. The Morgan fingerprint density at radius 3 is 2.96 bits per heavy atom. The zero-order valence-electron chi connectivity index (χ0n) is 12.7.